The van der Waals surface area contributed by atoms with E-state index in [0.29, 0.717) is 5.92 Å². The van der Waals surface area contributed by atoms with Gasteiger partial charge >= 0.3 is 0 Å². The molecule has 1 N–H and O–H groups in total. The van der Waals surface area contributed by atoms with E-state index in [1.807, 2.05) is 6.20 Å². The molecule has 0 bridgehead atoms. The molecule has 0 unspecified atom stereocenters. The van der Waals surface area contributed by atoms with Gasteiger partial charge in [-0.1, -0.05) is 30.3 Å². The molecule has 0 atom stereocenters. The molecule has 1 saturated heterocycles. The first-order chi connectivity index (χ1) is 11.3. The summed E-state index contributed by atoms with van der Waals surface area (Å²) in [7, 11) is 2.10. The monoisotopic (exact) mass is 306 g/mol. The van der Waals surface area contributed by atoms with Crippen LogP contribution < -0.4 is 5.32 Å². The first-order valence-corrected chi connectivity index (χ1v) is 8.34. The van der Waals surface area contributed by atoms with Crippen LogP contribution in [0.5, 0.6) is 0 Å². The third-order valence-corrected chi connectivity index (χ3v) is 4.95. The van der Waals surface area contributed by atoms with E-state index in [0.717, 1.165) is 42.8 Å². The molecule has 4 heteroatoms. The largest absolute Gasteiger partial charge is 0.341 e. The molecule has 23 heavy (non-hydrogen) atoms. The normalized spacial score (nSPS) is 16.1. The van der Waals surface area contributed by atoms with E-state index >= 15 is 0 Å². The van der Waals surface area contributed by atoms with E-state index in [4.69, 9.17) is 4.98 Å². The van der Waals surface area contributed by atoms with Gasteiger partial charge in [0.05, 0.1) is 22.9 Å². The van der Waals surface area contributed by atoms with Crippen LogP contribution in [-0.2, 0) is 7.05 Å². The minimum Gasteiger partial charge on any atom is -0.341 e. The van der Waals surface area contributed by atoms with Crippen LogP contribution in [0.1, 0.15) is 30.1 Å². The van der Waals surface area contributed by atoms with Crippen LogP contribution in [0.2, 0.25) is 0 Å². The summed E-state index contributed by atoms with van der Waals surface area (Å²) < 4.78 is 2.21. The molecule has 1 aliphatic heterocycles. The van der Waals surface area contributed by atoms with Crippen LogP contribution in [0, 0.1) is 6.92 Å². The average molecular weight is 306 g/mol. The molecule has 0 saturated carbocycles. The summed E-state index contributed by atoms with van der Waals surface area (Å²) in [4.78, 5) is 9.63. The van der Waals surface area contributed by atoms with Gasteiger partial charge < -0.3 is 9.88 Å². The lowest BCUT2D eigenvalue weighted by Gasteiger charge is -2.21. The summed E-state index contributed by atoms with van der Waals surface area (Å²) in [5, 5.41) is 3.41. The Balaban J connectivity index is 1.84. The topological polar surface area (TPSA) is 42.7 Å². The van der Waals surface area contributed by atoms with E-state index in [-0.39, 0.29) is 0 Å². The molecule has 2 aromatic heterocycles. The van der Waals surface area contributed by atoms with Gasteiger partial charge in [0.15, 0.2) is 0 Å². The molecule has 4 rings (SSSR count). The highest BCUT2D eigenvalue weighted by Crippen LogP contribution is 2.32. The van der Waals surface area contributed by atoms with Gasteiger partial charge in [-0.3, -0.25) is 0 Å². The molecule has 1 aromatic carbocycles. The SMILES string of the molecule is Cc1c(-c2ccccc2)n(C)c2cnc(C3CCNCC3)nc12. The zero-order valence-corrected chi connectivity index (χ0v) is 13.7. The first kappa shape index (κ1) is 14.4. The van der Waals surface area contributed by atoms with Gasteiger partial charge in [-0.05, 0) is 38.4 Å². The number of benzene rings is 1. The molecule has 4 nitrogen and oxygen atoms in total. The summed E-state index contributed by atoms with van der Waals surface area (Å²) in [6.07, 6.45) is 4.25. The van der Waals surface area contributed by atoms with Crippen molar-refractivity contribution in [3.63, 3.8) is 0 Å². The van der Waals surface area contributed by atoms with Crippen LogP contribution in [0.3, 0.4) is 0 Å². The summed E-state index contributed by atoms with van der Waals surface area (Å²) >= 11 is 0. The van der Waals surface area contributed by atoms with Gasteiger partial charge in [-0.25, -0.2) is 9.97 Å². The lowest BCUT2D eigenvalue weighted by atomic mass is 9.97. The molecule has 3 heterocycles. The lowest BCUT2D eigenvalue weighted by Crippen LogP contribution is -2.27. The molecule has 1 aliphatic rings. The van der Waals surface area contributed by atoms with Crippen molar-refractivity contribution in [3.05, 3.63) is 47.9 Å². The van der Waals surface area contributed by atoms with Crippen LogP contribution in [0.15, 0.2) is 36.5 Å². The number of piperidine rings is 1. The van der Waals surface area contributed by atoms with Crippen molar-refractivity contribution in [3.8, 4) is 11.3 Å². The van der Waals surface area contributed by atoms with Crippen LogP contribution in [0.4, 0.5) is 0 Å². The zero-order chi connectivity index (χ0) is 15.8. The van der Waals surface area contributed by atoms with E-state index in [1.165, 1.54) is 16.8 Å². The highest BCUT2D eigenvalue weighted by molar-refractivity contribution is 5.88. The summed E-state index contributed by atoms with van der Waals surface area (Å²) in [6.45, 7) is 4.30. The average Bonchev–Trinajstić information content (AvgIpc) is 2.87. The standard InChI is InChI=1S/C19H22N4/c1-13-17-16(23(2)18(13)14-6-4-3-5-7-14)12-21-19(22-17)15-8-10-20-11-9-15/h3-7,12,15,20H,8-11H2,1-2H3. The minimum atomic E-state index is 0.487. The predicted octanol–water partition coefficient (Wildman–Crippen LogP) is 3.41. The molecular formula is C19H22N4. The highest BCUT2D eigenvalue weighted by atomic mass is 15.0. The maximum absolute atomic E-state index is 4.95. The maximum atomic E-state index is 4.95. The number of hydrogen-bond acceptors (Lipinski definition) is 3. The number of nitrogens with one attached hydrogen (secondary N) is 1. The number of nitrogens with zero attached hydrogens (tertiary/aromatic N) is 3. The van der Waals surface area contributed by atoms with Gasteiger partial charge in [0.2, 0.25) is 0 Å². The Hall–Kier alpha value is -2.20. The quantitative estimate of drug-likeness (QED) is 0.789. The van der Waals surface area contributed by atoms with E-state index < -0.39 is 0 Å². The Morgan fingerprint density at radius 2 is 1.87 bits per heavy atom. The Labute approximate surface area is 136 Å². The van der Waals surface area contributed by atoms with Gasteiger partial charge in [0.25, 0.3) is 0 Å². The van der Waals surface area contributed by atoms with Crippen molar-refractivity contribution >= 4 is 11.0 Å². The number of aryl methyl sites for hydroxylation is 2. The van der Waals surface area contributed by atoms with Gasteiger partial charge in [0.1, 0.15) is 5.82 Å². The maximum Gasteiger partial charge on any atom is 0.132 e. The van der Waals surface area contributed by atoms with Gasteiger partial charge in [-0.15, -0.1) is 0 Å². The Morgan fingerprint density at radius 3 is 2.61 bits per heavy atom. The molecule has 1 fully saturated rings. The van der Waals surface area contributed by atoms with Crippen LogP contribution >= 0.6 is 0 Å². The van der Waals surface area contributed by atoms with E-state index in [2.05, 4.69) is 59.2 Å². The Morgan fingerprint density at radius 1 is 1.13 bits per heavy atom. The molecule has 118 valence electrons. The number of rotatable bonds is 2. The fourth-order valence-corrected chi connectivity index (χ4v) is 3.68. The number of fused-ring (bicyclic) bond motifs is 1. The van der Waals surface area contributed by atoms with Gasteiger partial charge in [0, 0.05) is 18.5 Å². The van der Waals surface area contributed by atoms with Crippen molar-refractivity contribution in [2.24, 2.45) is 7.05 Å². The van der Waals surface area contributed by atoms with Crippen molar-refractivity contribution in [2.45, 2.75) is 25.7 Å². The van der Waals surface area contributed by atoms with Crippen molar-refractivity contribution < 1.29 is 0 Å². The second-order valence-electron chi connectivity index (χ2n) is 6.38. The fraction of sp³-hybridized carbons (Fsp3) is 0.368. The highest BCUT2D eigenvalue weighted by Gasteiger charge is 2.21. The summed E-state index contributed by atoms with van der Waals surface area (Å²) in [6, 6.07) is 10.5. The lowest BCUT2D eigenvalue weighted by molar-refractivity contribution is 0.446. The van der Waals surface area contributed by atoms with Gasteiger partial charge in [-0.2, -0.15) is 0 Å². The predicted molar refractivity (Wildman–Crippen MR) is 93.5 cm³/mol. The minimum absolute atomic E-state index is 0.487. The third-order valence-electron chi connectivity index (χ3n) is 4.95. The summed E-state index contributed by atoms with van der Waals surface area (Å²) in [5.74, 6) is 1.49. The zero-order valence-electron chi connectivity index (χ0n) is 13.7. The van der Waals surface area contributed by atoms with Crippen molar-refractivity contribution in [2.75, 3.05) is 13.1 Å². The number of aromatic nitrogens is 3. The summed E-state index contributed by atoms with van der Waals surface area (Å²) in [5.41, 5.74) is 5.91. The molecular weight excluding hydrogens is 284 g/mol. The molecule has 0 spiro atoms. The number of hydrogen-bond donors (Lipinski definition) is 1. The second kappa shape index (κ2) is 5.78. The van der Waals surface area contributed by atoms with Crippen LogP contribution in [-0.4, -0.2) is 27.6 Å². The molecule has 0 aliphatic carbocycles. The third kappa shape index (κ3) is 2.43. The van der Waals surface area contributed by atoms with Crippen molar-refractivity contribution in [1.82, 2.24) is 19.9 Å². The molecule has 3 aromatic rings. The van der Waals surface area contributed by atoms with Crippen LogP contribution in [0.25, 0.3) is 22.3 Å². The molecule has 0 radical (unpaired) electrons. The second-order valence-corrected chi connectivity index (χ2v) is 6.38. The van der Waals surface area contributed by atoms with E-state index in [9.17, 15) is 0 Å². The van der Waals surface area contributed by atoms with Crippen molar-refractivity contribution in [1.29, 1.82) is 0 Å². The Kier molecular flexibility index (Phi) is 3.62. The smallest absolute Gasteiger partial charge is 0.132 e. The Bertz CT molecular complexity index is 829. The molecule has 0 amide bonds. The first-order valence-electron chi connectivity index (χ1n) is 8.34. The van der Waals surface area contributed by atoms with E-state index in [1.54, 1.807) is 0 Å². The fourth-order valence-electron chi connectivity index (χ4n) is 3.68.